The number of carboxylic acid groups (broad SMARTS) is 1. The van der Waals surface area contributed by atoms with Gasteiger partial charge in [0, 0.05) is 12.8 Å². The number of aryl methyl sites for hydroxylation is 1. The van der Waals surface area contributed by atoms with Gasteiger partial charge in [0.1, 0.15) is 11.6 Å². The Morgan fingerprint density at radius 3 is 2.35 bits per heavy atom. The molecule has 0 radical (unpaired) electrons. The van der Waals surface area contributed by atoms with E-state index in [0.29, 0.717) is 12.8 Å². The second-order valence-corrected chi connectivity index (χ2v) is 4.60. The predicted molar refractivity (Wildman–Crippen MR) is 59.0 cm³/mol. The number of Topliss-reactive ketones (excluding diaryl/α,β-unsaturated/α-hetero) is 1. The highest BCUT2D eigenvalue weighted by atomic mass is 19.1. The quantitative estimate of drug-likeness (QED) is 0.871. The molecule has 90 valence electrons. The van der Waals surface area contributed by atoms with E-state index in [1.54, 1.807) is 12.1 Å². The van der Waals surface area contributed by atoms with Crippen LogP contribution in [0, 0.1) is 11.2 Å². The second kappa shape index (κ2) is 4.28. The zero-order valence-electron chi connectivity index (χ0n) is 9.28. The maximum Gasteiger partial charge on any atom is 0.310 e. The average Bonchev–Trinajstić information content (AvgIpc) is 2.24. The van der Waals surface area contributed by atoms with Crippen LogP contribution >= 0.6 is 0 Å². The van der Waals surface area contributed by atoms with E-state index in [1.165, 1.54) is 12.1 Å². The molecule has 1 aliphatic carbocycles. The molecule has 0 aliphatic heterocycles. The van der Waals surface area contributed by atoms with Gasteiger partial charge in [-0.15, -0.1) is 0 Å². The van der Waals surface area contributed by atoms with Gasteiger partial charge in [-0.05, 0) is 30.5 Å². The van der Waals surface area contributed by atoms with Crippen LogP contribution in [0.4, 0.5) is 4.39 Å². The Kier molecular flexibility index (Phi) is 2.96. The third kappa shape index (κ3) is 2.35. The minimum atomic E-state index is -0.904. The van der Waals surface area contributed by atoms with Gasteiger partial charge in [-0.25, -0.2) is 4.39 Å². The van der Waals surface area contributed by atoms with Crippen molar-refractivity contribution in [3.8, 4) is 0 Å². The molecule has 0 spiro atoms. The number of hydrogen-bond acceptors (Lipinski definition) is 2. The first-order chi connectivity index (χ1) is 8.02. The summed E-state index contributed by atoms with van der Waals surface area (Å²) in [7, 11) is 0. The number of carbonyl (C=O) groups is 2. The second-order valence-electron chi connectivity index (χ2n) is 4.60. The topological polar surface area (TPSA) is 54.4 Å². The Balaban J connectivity index is 1.99. The first-order valence-electron chi connectivity index (χ1n) is 5.51. The summed E-state index contributed by atoms with van der Waals surface area (Å²) in [6, 6.07) is 6.00. The molecule has 0 saturated heterocycles. The van der Waals surface area contributed by atoms with E-state index < -0.39 is 11.4 Å². The highest BCUT2D eigenvalue weighted by Crippen LogP contribution is 2.42. The molecule has 0 bridgehead atoms. The number of carboxylic acids is 1. The van der Waals surface area contributed by atoms with Crippen molar-refractivity contribution in [2.45, 2.75) is 25.7 Å². The summed E-state index contributed by atoms with van der Waals surface area (Å²) in [5.41, 5.74) is 0.0113. The molecule has 0 aromatic heterocycles. The molecule has 2 rings (SSSR count). The SMILES string of the molecule is O=C1CC(CCc2ccc(F)cc2)(C(=O)O)C1. The third-order valence-corrected chi connectivity index (χ3v) is 3.33. The number of carbonyl (C=O) groups excluding carboxylic acids is 1. The zero-order chi connectivity index (χ0) is 12.5. The third-order valence-electron chi connectivity index (χ3n) is 3.33. The summed E-state index contributed by atoms with van der Waals surface area (Å²) in [6.45, 7) is 0. The van der Waals surface area contributed by atoms with Crippen LogP contribution < -0.4 is 0 Å². The van der Waals surface area contributed by atoms with Crippen LogP contribution in [0.2, 0.25) is 0 Å². The van der Waals surface area contributed by atoms with Crippen LogP contribution in [0.1, 0.15) is 24.8 Å². The van der Waals surface area contributed by atoms with Crippen molar-refractivity contribution in [1.82, 2.24) is 0 Å². The van der Waals surface area contributed by atoms with Gasteiger partial charge < -0.3 is 5.11 Å². The normalized spacial score (nSPS) is 17.6. The van der Waals surface area contributed by atoms with Crippen molar-refractivity contribution in [2.24, 2.45) is 5.41 Å². The van der Waals surface area contributed by atoms with E-state index in [0.717, 1.165) is 5.56 Å². The van der Waals surface area contributed by atoms with Gasteiger partial charge >= 0.3 is 5.97 Å². The smallest absolute Gasteiger partial charge is 0.310 e. The summed E-state index contributed by atoms with van der Waals surface area (Å²) in [5.74, 6) is -1.20. The van der Waals surface area contributed by atoms with Gasteiger partial charge in [0.25, 0.3) is 0 Å². The molecule has 0 heterocycles. The molecule has 1 fully saturated rings. The molecule has 0 unspecified atom stereocenters. The first kappa shape index (κ1) is 11.8. The molecule has 17 heavy (non-hydrogen) atoms. The van der Waals surface area contributed by atoms with Crippen LogP contribution in [-0.4, -0.2) is 16.9 Å². The summed E-state index contributed by atoms with van der Waals surface area (Å²) in [6.07, 6.45) is 1.24. The predicted octanol–water partition coefficient (Wildman–Crippen LogP) is 2.19. The number of halogens is 1. The first-order valence-corrected chi connectivity index (χ1v) is 5.51. The lowest BCUT2D eigenvalue weighted by Crippen LogP contribution is -2.44. The fourth-order valence-corrected chi connectivity index (χ4v) is 2.17. The Morgan fingerprint density at radius 1 is 1.29 bits per heavy atom. The van der Waals surface area contributed by atoms with Crippen molar-refractivity contribution in [2.75, 3.05) is 0 Å². The van der Waals surface area contributed by atoms with Crippen LogP contribution in [0.15, 0.2) is 24.3 Å². The molecular weight excluding hydrogens is 223 g/mol. The zero-order valence-corrected chi connectivity index (χ0v) is 9.28. The molecule has 3 nitrogen and oxygen atoms in total. The number of ketones is 1. The van der Waals surface area contributed by atoms with E-state index in [2.05, 4.69) is 0 Å². The van der Waals surface area contributed by atoms with Gasteiger partial charge in [0.2, 0.25) is 0 Å². The number of rotatable bonds is 4. The lowest BCUT2D eigenvalue weighted by Gasteiger charge is -2.36. The highest BCUT2D eigenvalue weighted by Gasteiger charge is 2.49. The Bertz CT molecular complexity index is 442. The van der Waals surface area contributed by atoms with Gasteiger partial charge in [-0.1, -0.05) is 12.1 Å². The summed E-state index contributed by atoms with van der Waals surface area (Å²) in [5, 5.41) is 9.11. The van der Waals surface area contributed by atoms with Crippen LogP contribution in [0.25, 0.3) is 0 Å². The maximum atomic E-state index is 12.7. The largest absolute Gasteiger partial charge is 0.481 e. The molecule has 0 amide bonds. The molecule has 1 aromatic rings. The Morgan fingerprint density at radius 2 is 1.88 bits per heavy atom. The van der Waals surface area contributed by atoms with E-state index in [1.807, 2.05) is 0 Å². The number of benzene rings is 1. The molecule has 1 N–H and O–H groups in total. The molecule has 1 aromatic carbocycles. The lowest BCUT2D eigenvalue weighted by atomic mass is 9.65. The van der Waals surface area contributed by atoms with Gasteiger partial charge in [-0.2, -0.15) is 0 Å². The lowest BCUT2D eigenvalue weighted by molar-refractivity contribution is -0.161. The Labute approximate surface area is 98.3 Å². The van der Waals surface area contributed by atoms with E-state index >= 15 is 0 Å². The van der Waals surface area contributed by atoms with Crippen molar-refractivity contribution in [1.29, 1.82) is 0 Å². The highest BCUT2D eigenvalue weighted by molar-refractivity contribution is 5.96. The van der Waals surface area contributed by atoms with Gasteiger partial charge in [0.05, 0.1) is 5.41 Å². The van der Waals surface area contributed by atoms with Crippen molar-refractivity contribution in [3.63, 3.8) is 0 Å². The van der Waals surface area contributed by atoms with E-state index in [-0.39, 0.29) is 24.4 Å². The van der Waals surface area contributed by atoms with E-state index in [9.17, 15) is 14.0 Å². The summed E-state index contributed by atoms with van der Waals surface area (Å²) < 4.78 is 12.7. The molecule has 1 aliphatic rings. The minimum Gasteiger partial charge on any atom is -0.481 e. The summed E-state index contributed by atoms with van der Waals surface area (Å²) >= 11 is 0. The maximum absolute atomic E-state index is 12.7. The van der Waals surface area contributed by atoms with Crippen LogP contribution in [-0.2, 0) is 16.0 Å². The van der Waals surface area contributed by atoms with Gasteiger partial charge in [0.15, 0.2) is 0 Å². The van der Waals surface area contributed by atoms with Crippen LogP contribution in [0.5, 0.6) is 0 Å². The van der Waals surface area contributed by atoms with Crippen molar-refractivity contribution >= 4 is 11.8 Å². The van der Waals surface area contributed by atoms with Gasteiger partial charge in [-0.3, -0.25) is 9.59 Å². The number of aliphatic carboxylic acids is 1. The molecule has 4 heteroatoms. The minimum absolute atomic E-state index is 0.00602. The Hall–Kier alpha value is -1.71. The average molecular weight is 236 g/mol. The molecule has 1 saturated carbocycles. The fraction of sp³-hybridized carbons (Fsp3) is 0.385. The van der Waals surface area contributed by atoms with Crippen molar-refractivity contribution < 1.29 is 19.1 Å². The van der Waals surface area contributed by atoms with Crippen molar-refractivity contribution in [3.05, 3.63) is 35.6 Å². The molecule has 0 atom stereocenters. The summed E-state index contributed by atoms with van der Waals surface area (Å²) in [4.78, 5) is 22.1. The van der Waals surface area contributed by atoms with E-state index in [4.69, 9.17) is 5.11 Å². The number of hydrogen-bond donors (Lipinski definition) is 1. The fourth-order valence-electron chi connectivity index (χ4n) is 2.17. The standard InChI is InChI=1S/C13H13FO3/c14-10-3-1-9(2-4-10)5-6-13(12(16)17)7-11(15)8-13/h1-4H,5-8H2,(H,16,17). The monoisotopic (exact) mass is 236 g/mol. The molecular formula is C13H13FO3. The van der Waals surface area contributed by atoms with Crippen LogP contribution in [0.3, 0.4) is 0 Å².